The Bertz CT molecular complexity index is 481. The molecule has 17 heavy (non-hydrogen) atoms. The first-order valence-corrected chi connectivity index (χ1v) is 4.63. The van der Waals surface area contributed by atoms with Gasteiger partial charge in [0.1, 0.15) is 0 Å². The van der Waals surface area contributed by atoms with Crippen LogP contribution in [0, 0.1) is 0 Å². The van der Waals surface area contributed by atoms with Gasteiger partial charge in [0.05, 0.1) is 6.07 Å². The van der Waals surface area contributed by atoms with E-state index in [1.807, 2.05) is 36.4 Å². The molecule has 0 N–H and O–H groups in total. The molecule has 0 unspecified atom stereocenters. The zero-order valence-electron chi connectivity index (χ0n) is 8.87. The molecule has 0 saturated heterocycles. The summed E-state index contributed by atoms with van der Waals surface area (Å²) in [6, 6.07) is 11.6. The second-order valence-electron chi connectivity index (χ2n) is 2.99. The zero-order chi connectivity index (χ0) is 12.9. The van der Waals surface area contributed by atoms with E-state index >= 15 is 0 Å². The van der Waals surface area contributed by atoms with Gasteiger partial charge in [-0.15, -0.1) is 0 Å². The molecule has 2 aromatic rings. The normalized spacial score (nSPS) is 10.6. The minimum Gasteiger partial charge on any atom is -0.418 e. The van der Waals surface area contributed by atoms with E-state index in [0.29, 0.717) is 5.95 Å². The first-order chi connectivity index (χ1) is 7.90. The van der Waals surface area contributed by atoms with Crippen molar-refractivity contribution in [2.45, 2.75) is 0 Å². The SMILES string of the molecule is COc1ccc2ccccc2[o+]1.F[B-](F)(F)F. The van der Waals surface area contributed by atoms with Crippen LogP contribution in [-0.2, 0) is 0 Å². The highest BCUT2D eigenvalue weighted by molar-refractivity contribution is 6.50. The molecule has 0 aliphatic heterocycles. The van der Waals surface area contributed by atoms with Crippen molar-refractivity contribution in [2.24, 2.45) is 0 Å². The lowest BCUT2D eigenvalue weighted by Crippen LogP contribution is -2.02. The molecule has 2 nitrogen and oxygen atoms in total. The van der Waals surface area contributed by atoms with E-state index in [9.17, 15) is 17.3 Å². The van der Waals surface area contributed by atoms with Gasteiger partial charge in [-0.3, -0.25) is 4.42 Å². The number of benzene rings is 1. The van der Waals surface area contributed by atoms with Gasteiger partial charge in [-0.1, -0.05) is 12.1 Å². The fourth-order valence-corrected chi connectivity index (χ4v) is 1.12. The monoisotopic (exact) mass is 248 g/mol. The molecular formula is C10H9BF4O2. The van der Waals surface area contributed by atoms with E-state index < -0.39 is 7.25 Å². The van der Waals surface area contributed by atoms with Gasteiger partial charge in [-0.2, -0.15) is 0 Å². The van der Waals surface area contributed by atoms with Crippen LogP contribution in [-0.4, -0.2) is 14.4 Å². The van der Waals surface area contributed by atoms with Crippen molar-refractivity contribution in [1.29, 1.82) is 0 Å². The zero-order valence-corrected chi connectivity index (χ0v) is 8.87. The van der Waals surface area contributed by atoms with Crippen LogP contribution in [0.2, 0.25) is 0 Å². The van der Waals surface area contributed by atoms with Crippen LogP contribution in [0.25, 0.3) is 11.0 Å². The van der Waals surface area contributed by atoms with E-state index in [-0.39, 0.29) is 0 Å². The number of rotatable bonds is 1. The Hall–Kier alpha value is -1.79. The molecule has 0 aliphatic rings. The molecule has 0 radical (unpaired) electrons. The van der Waals surface area contributed by atoms with E-state index in [2.05, 4.69) is 0 Å². The van der Waals surface area contributed by atoms with Crippen LogP contribution < -0.4 is 4.74 Å². The summed E-state index contributed by atoms with van der Waals surface area (Å²) in [6.07, 6.45) is 0. The van der Waals surface area contributed by atoms with Crippen molar-refractivity contribution in [2.75, 3.05) is 7.11 Å². The van der Waals surface area contributed by atoms with Gasteiger partial charge in [-0.05, 0) is 12.1 Å². The van der Waals surface area contributed by atoms with Gasteiger partial charge in [0.2, 0.25) is 0 Å². The molecule has 0 atom stereocenters. The molecule has 0 saturated carbocycles. The van der Waals surface area contributed by atoms with Crippen molar-refractivity contribution in [1.82, 2.24) is 0 Å². The Labute approximate surface area is 94.9 Å². The van der Waals surface area contributed by atoms with Crippen molar-refractivity contribution in [3.8, 4) is 5.95 Å². The number of hydrogen-bond donors (Lipinski definition) is 0. The first-order valence-electron chi connectivity index (χ1n) is 4.63. The third-order valence-corrected chi connectivity index (χ3v) is 1.73. The molecule has 0 bridgehead atoms. The summed E-state index contributed by atoms with van der Waals surface area (Å²) in [4.78, 5) is 0. The number of ether oxygens (including phenoxy) is 1. The van der Waals surface area contributed by atoms with Crippen LogP contribution in [0.4, 0.5) is 17.3 Å². The van der Waals surface area contributed by atoms with Gasteiger partial charge < -0.3 is 22.0 Å². The van der Waals surface area contributed by atoms with Gasteiger partial charge in [0, 0.05) is 11.5 Å². The summed E-state index contributed by atoms with van der Waals surface area (Å²) in [7, 11) is -4.41. The maximum Gasteiger partial charge on any atom is 0.673 e. The maximum atomic E-state index is 9.75. The van der Waals surface area contributed by atoms with Crippen LogP contribution in [0.3, 0.4) is 0 Å². The van der Waals surface area contributed by atoms with E-state index in [1.165, 1.54) is 0 Å². The lowest BCUT2D eigenvalue weighted by molar-refractivity contribution is 0.310. The molecule has 0 spiro atoms. The van der Waals surface area contributed by atoms with Crippen LogP contribution in [0.5, 0.6) is 5.95 Å². The maximum absolute atomic E-state index is 9.75. The molecule has 1 aromatic heterocycles. The Kier molecular flexibility index (Phi) is 4.31. The molecule has 7 heteroatoms. The summed E-state index contributed by atoms with van der Waals surface area (Å²) in [6.45, 7) is 0. The number of halogens is 4. The third-order valence-electron chi connectivity index (χ3n) is 1.73. The predicted octanol–water partition coefficient (Wildman–Crippen LogP) is 4.02. The van der Waals surface area contributed by atoms with Crippen LogP contribution in [0.1, 0.15) is 0 Å². The summed E-state index contributed by atoms with van der Waals surface area (Å²) >= 11 is 0. The molecule has 0 fully saturated rings. The fraction of sp³-hybridized carbons (Fsp3) is 0.100. The number of hydrogen-bond acceptors (Lipinski definition) is 1. The van der Waals surface area contributed by atoms with E-state index in [4.69, 9.17) is 9.15 Å². The van der Waals surface area contributed by atoms with Gasteiger partial charge >= 0.3 is 13.2 Å². The molecule has 2 rings (SSSR count). The van der Waals surface area contributed by atoms with Crippen molar-refractivity contribution in [3.05, 3.63) is 36.4 Å². The largest absolute Gasteiger partial charge is 0.673 e. The molecule has 1 heterocycles. The van der Waals surface area contributed by atoms with Gasteiger partial charge in [0.25, 0.3) is 5.58 Å². The van der Waals surface area contributed by atoms with Gasteiger partial charge in [-0.25, -0.2) is 0 Å². The minimum atomic E-state index is -6.00. The summed E-state index contributed by atoms with van der Waals surface area (Å²) in [5.41, 5.74) is 0.844. The average Bonchev–Trinajstić information content (AvgIpc) is 2.26. The highest BCUT2D eigenvalue weighted by Gasteiger charge is 2.20. The second kappa shape index (κ2) is 5.52. The topological polar surface area (TPSA) is 20.5 Å². The molecule has 1 aromatic carbocycles. The van der Waals surface area contributed by atoms with E-state index in [1.54, 1.807) is 7.11 Å². The molecule has 0 amide bonds. The first kappa shape index (κ1) is 13.3. The van der Waals surface area contributed by atoms with Crippen molar-refractivity contribution in [3.63, 3.8) is 0 Å². The Morgan fingerprint density at radius 1 is 1.00 bits per heavy atom. The highest BCUT2D eigenvalue weighted by atomic mass is 19.5. The number of para-hydroxylation sites is 1. The molecule has 92 valence electrons. The van der Waals surface area contributed by atoms with Crippen LogP contribution in [0.15, 0.2) is 40.8 Å². The van der Waals surface area contributed by atoms with Gasteiger partial charge in [0.15, 0.2) is 7.11 Å². The van der Waals surface area contributed by atoms with Crippen LogP contribution >= 0.6 is 0 Å². The van der Waals surface area contributed by atoms with Crippen molar-refractivity contribution < 1.29 is 26.4 Å². The summed E-state index contributed by atoms with van der Waals surface area (Å²) < 4.78 is 49.3. The smallest absolute Gasteiger partial charge is 0.418 e. The third kappa shape index (κ3) is 5.19. The summed E-state index contributed by atoms with van der Waals surface area (Å²) in [5.74, 6) is 0.536. The standard InChI is InChI=1S/C10H9O2.BF4/c1-11-10-7-6-8-4-2-3-5-9(8)12-10;2-1(3,4)5/h2-7H,1H3;/q+1;-1. The highest BCUT2D eigenvalue weighted by Crippen LogP contribution is 2.19. The number of methoxy groups -OCH3 is 1. The van der Waals surface area contributed by atoms with Crippen molar-refractivity contribution >= 4 is 18.2 Å². The van der Waals surface area contributed by atoms with E-state index in [0.717, 1.165) is 11.0 Å². The lowest BCUT2D eigenvalue weighted by atomic mass is 10.2. The predicted molar refractivity (Wildman–Crippen MR) is 57.4 cm³/mol. The fourth-order valence-electron chi connectivity index (χ4n) is 1.12. The summed E-state index contributed by atoms with van der Waals surface area (Å²) in [5, 5.41) is 1.08. The quantitative estimate of drug-likeness (QED) is 0.431. The molecule has 0 aliphatic carbocycles. The lowest BCUT2D eigenvalue weighted by Gasteiger charge is -1.94. The average molecular weight is 248 g/mol. The second-order valence-corrected chi connectivity index (χ2v) is 2.99. The Morgan fingerprint density at radius 2 is 1.59 bits per heavy atom. The minimum absolute atomic E-state index is 0.536. The Morgan fingerprint density at radius 3 is 2.18 bits per heavy atom. The Balaban J connectivity index is 0.000000249. The number of fused-ring (bicyclic) bond motifs is 1. The molecular weight excluding hydrogens is 239 g/mol.